The van der Waals surface area contributed by atoms with E-state index in [1.54, 1.807) is 46.6 Å². The summed E-state index contributed by atoms with van der Waals surface area (Å²) < 4.78 is 3.27. The number of hydrogen-bond donors (Lipinski definition) is 2. The third kappa shape index (κ3) is 3.83. The Bertz CT molecular complexity index is 1210. The van der Waals surface area contributed by atoms with Crippen molar-refractivity contribution in [3.63, 3.8) is 0 Å². The first-order valence-corrected chi connectivity index (χ1v) is 9.21. The van der Waals surface area contributed by atoms with Gasteiger partial charge in [-0.2, -0.15) is 5.10 Å². The molecular formula is C20H17ClN6O2. The predicted octanol–water partition coefficient (Wildman–Crippen LogP) is 2.62. The number of hydrazine groups is 1. The van der Waals surface area contributed by atoms with Gasteiger partial charge in [-0.15, -0.1) is 0 Å². The van der Waals surface area contributed by atoms with E-state index in [9.17, 15) is 9.59 Å². The molecule has 3 aromatic heterocycles. The first-order valence-electron chi connectivity index (χ1n) is 8.83. The van der Waals surface area contributed by atoms with Gasteiger partial charge in [0.2, 0.25) is 0 Å². The Kier molecular flexibility index (Phi) is 5.01. The Morgan fingerprint density at radius 3 is 2.66 bits per heavy atom. The number of rotatable bonds is 4. The lowest BCUT2D eigenvalue weighted by Crippen LogP contribution is -2.42. The quantitative estimate of drug-likeness (QED) is 0.507. The first-order chi connectivity index (χ1) is 14.0. The molecule has 0 radical (unpaired) electrons. The van der Waals surface area contributed by atoms with Crippen molar-refractivity contribution in [2.45, 2.75) is 13.5 Å². The highest BCUT2D eigenvalue weighted by atomic mass is 35.5. The molecule has 0 fully saturated rings. The van der Waals surface area contributed by atoms with Crippen molar-refractivity contribution in [2.24, 2.45) is 0 Å². The lowest BCUT2D eigenvalue weighted by atomic mass is 10.2. The maximum absolute atomic E-state index is 12.5. The van der Waals surface area contributed by atoms with Crippen LogP contribution < -0.4 is 10.9 Å². The monoisotopic (exact) mass is 408 g/mol. The summed E-state index contributed by atoms with van der Waals surface area (Å²) in [6.45, 7) is 2.17. The number of halogens is 1. The molecule has 9 heteroatoms. The van der Waals surface area contributed by atoms with Gasteiger partial charge in [0.1, 0.15) is 11.3 Å². The van der Waals surface area contributed by atoms with Crippen molar-refractivity contribution in [1.29, 1.82) is 0 Å². The van der Waals surface area contributed by atoms with Crippen LogP contribution in [0.2, 0.25) is 5.02 Å². The molecule has 2 N–H and O–H groups in total. The number of nitrogens with zero attached hydrogens (tertiary/aromatic N) is 4. The van der Waals surface area contributed by atoms with E-state index < -0.39 is 11.8 Å². The Hall–Kier alpha value is -3.65. The van der Waals surface area contributed by atoms with Crippen molar-refractivity contribution in [3.05, 3.63) is 88.6 Å². The fourth-order valence-corrected chi connectivity index (χ4v) is 3.20. The molecule has 2 amide bonds. The fourth-order valence-electron chi connectivity index (χ4n) is 3.00. The smallest absolute Gasteiger partial charge is 0.288 e. The van der Waals surface area contributed by atoms with E-state index in [0.717, 1.165) is 5.56 Å². The molecule has 4 aromatic rings. The Balaban J connectivity index is 1.42. The molecule has 29 heavy (non-hydrogen) atoms. The molecule has 0 bridgehead atoms. The van der Waals surface area contributed by atoms with E-state index >= 15 is 0 Å². The topological polar surface area (TPSA) is 93.3 Å². The zero-order chi connectivity index (χ0) is 20.4. The number of aromatic nitrogens is 4. The van der Waals surface area contributed by atoms with E-state index in [-0.39, 0.29) is 0 Å². The lowest BCUT2D eigenvalue weighted by Gasteiger charge is -2.07. The maximum Gasteiger partial charge on any atom is 0.288 e. The molecule has 0 unspecified atom stereocenters. The molecule has 1 aromatic carbocycles. The van der Waals surface area contributed by atoms with E-state index in [1.165, 1.54) is 6.20 Å². The van der Waals surface area contributed by atoms with E-state index in [0.29, 0.717) is 34.2 Å². The van der Waals surface area contributed by atoms with Gasteiger partial charge < -0.3 is 0 Å². The summed E-state index contributed by atoms with van der Waals surface area (Å²) in [5.74, 6) is -0.937. The summed E-state index contributed by atoms with van der Waals surface area (Å²) in [4.78, 5) is 29.2. The average Bonchev–Trinajstić information content (AvgIpc) is 3.31. The Morgan fingerprint density at radius 2 is 1.83 bits per heavy atom. The maximum atomic E-state index is 12.5. The summed E-state index contributed by atoms with van der Waals surface area (Å²) in [6.07, 6.45) is 4.76. The summed E-state index contributed by atoms with van der Waals surface area (Å²) in [6, 6.07) is 12.9. The van der Waals surface area contributed by atoms with Crippen LogP contribution in [0, 0.1) is 6.92 Å². The predicted molar refractivity (Wildman–Crippen MR) is 108 cm³/mol. The zero-order valence-electron chi connectivity index (χ0n) is 15.5. The number of carbonyl (C=O) groups is 2. The summed E-state index contributed by atoms with van der Waals surface area (Å²) in [7, 11) is 0. The normalized spacial score (nSPS) is 10.8. The van der Waals surface area contributed by atoms with Gasteiger partial charge >= 0.3 is 0 Å². The molecule has 8 nitrogen and oxygen atoms in total. The fraction of sp³-hybridized carbons (Fsp3) is 0.100. The largest absolute Gasteiger partial charge is 0.295 e. The van der Waals surface area contributed by atoms with E-state index in [2.05, 4.69) is 20.9 Å². The molecule has 0 saturated carbocycles. The van der Waals surface area contributed by atoms with Crippen LogP contribution in [0.25, 0.3) is 5.65 Å². The molecule has 146 valence electrons. The van der Waals surface area contributed by atoms with Crippen molar-refractivity contribution in [1.82, 2.24) is 30.0 Å². The van der Waals surface area contributed by atoms with Gasteiger partial charge in [0.05, 0.1) is 24.0 Å². The zero-order valence-corrected chi connectivity index (χ0v) is 16.2. The van der Waals surface area contributed by atoms with Crippen molar-refractivity contribution < 1.29 is 9.59 Å². The highest BCUT2D eigenvalue weighted by molar-refractivity contribution is 6.31. The third-order valence-electron chi connectivity index (χ3n) is 4.39. The van der Waals surface area contributed by atoms with Crippen LogP contribution in [0.1, 0.15) is 32.1 Å². The molecule has 4 rings (SSSR count). The molecular weight excluding hydrogens is 392 g/mol. The van der Waals surface area contributed by atoms with Crippen molar-refractivity contribution >= 4 is 29.1 Å². The first kappa shape index (κ1) is 18.7. The second-order valence-corrected chi connectivity index (χ2v) is 6.81. The van der Waals surface area contributed by atoms with Gasteiger partial charge in [-0.1, -0.05) is 35.9 Å². The van der Waals surface area contributed by atoms with Crippen LogP contribution in [0.4, 0.5) is 0 Å². The number of fused-ring (bicyclic) bond motifs is 1. The van der Waals surface area contributed by atoms with Crippen LogP contribution in [0.5, 0.6) is 0 Å². The van der Waals surface area contributed by atoms with Gasteiger partial charge in [-0.3, -0.25) is 29.5 Å². The highest BCUT2D eigenvalue weighted by Gasteiger charge is 2.17. The molecule has 0 atom stereocenters. The number of hydrogen-bond acceptors (Lipinski definition) is 4. The molecule has 0 aliphatic rings. The second-order valence-electron chi connectivity index (χ2n) is 6.40. The van der Waals surface area contributed by atoms with Crippen LogP contribution in [-0.2, 0) is 6.54 Å². The van der Waals surface area contributed by atoms with Gasteiger partial charge in [0.25, 0.3) is 11.8 Å². The standard InChI is InChI=1S/C20H17ClN6O2/c1-13-18(27-9-5-4-8-17(27)23-13)20(29)25-24-19(28)15-10-22-26(12-15)11-14-6-2-3-7-16(14)21/h2-10,12H,11H2,1H3,(H,24,28)(H,25,29). The number of nitrogens with one attached hydrogen (secondary N) is 2. The van der Waals surface area contributed by atoms with E-state index in [1.807, 2.05) is 24.3 Å². The van der Waals surface area contributed by atoms with Crippen LogP contribution >= 0.6 is 11.6 Å². The third-order valence-corrected chi connectivity index (χ3v) is 4.76. The summed E-state index contributed by atoms with van der Waals surface area (Å²) in [5.41, 5.74) is 7.61. The Morgan fingerprint density at radius 1 is 1.07 bits per heavy atom. The number of amides is 2. The average molecular weight is 409 g/mol. The number of benzene rings is 1. The molecule has 3 heterocycles. The SMILES string of the molecule is Cc1nc2ccccn2c1C(=O)NNC(=O)c1cnn(Cc2ccccc2Cl)c1. The lowest BCUT2D eigenvalue weighted by molar-refractivity contribution is 0.0843. The second kappa shape index (κ2) is 7.76. The molecule has 0 aliphatic heterocycles. The highest BCUT2D eigenvalue weighted by Crippen LogP contribution is 2.16. The van der Waals surface area contributed by atoms with Gasteiger partial charge in [-0.05, 0) is 30.7 Å². The molecule has 0 spiro atoms. The number of pyridine rings is 1. The number of aryl methyl sites for hydroxylation is 1. The van der Waals surface area contributed by atoms with Crippen LogP contribution in [0.15, 0.2) is 61.1 Å². The summed E-state index contributed by atoms with van der Waals surface area (Å²) in [5, 5.41) is 4.81. The molecule has 0 saturated heterocycles. The number of imidazole rings is 1. The minimum atomic E-state index is -0.477. The minimum Gasteiger partial charge on any atom is -0.295 e. The van der Waals surface area contributed by atoms with Crippen LogP contribution in [-0.4, -0.2) is 31.0 Å². The summed E-state index contributed by atoms with van der Waals surface area (Å²) >= 11 is 6.16. The minimum absolute atomic E-state index is 0.312. The van der Waals surface area contributed by atoms with Gasteiger partial charge in [0.15, 0.2) is 0 Å². The van der Waals surface area contributed by atoms with E-state index in [4.69, 9.17) is 11.6 Å². The van der Waals surface area contributed by atoms with Gasteiger partial charge in [0, 0.05) is 17.4 Å². The Labute approximate surface area is 171 Å². The molecule has 0 aliphatic carbocycles. The van der Waals surface area contributed by atoms with Crippen LogP contribution in [0.3, 0.4) is 0 Å². The van der Waals surface area contributed by atoms with Crippen molar-refractivity contribution in [3.8, 4) is 0 Å². The van der Waals surface area contributed by atoms with Crippen molar-refractivity contribution in [2.75, 3.05) is 0 Å². The van der Waals surface area contributed by atoms with Gasteiger partial charge in [-0.25, -0.2) is 4.98 Å². The number of carbonyl (C=O) groups excluding carboxylic acids is 2.